The molecule has 1 N–H and O–H groups in total. The van der Waals surface area contributed by atoms with Gasteiger partial charge in [-0.1, -0.05) is 49.4 Å². The number of anilines is 1. The summed E-state index contributed by atoms with van der Waals surface area (Å²) in [6, 6.07) is 5.48. The molecule has 1 aromatic rings. The maximum atomic E-state index is 6.02. The molecular weight excluding hydrogens is 229 g/mol. The summed E-state index contributed by atoms with van der Waals surface area (Å²) in [5, 5.41) is 4.75. The predicted octanol–water partition coefficient (Wildman–Crippen LogP) is 4.99. The molecule has 3 heteroatoms. The number of hydrogen-bond donors (Lipinski definition) is 1. The Morgan fingerprint density at radius 1 is 1.13 bits per heavy atom. The lowest BCUT2D eigenvalue weighted by molar-refractivity contribution is 0.685. The van der Waals surface area contributed by atoms with Crippen LogP contribution in [-0.2, 0) is 0 Å². The SMILES string of the molecule is CCCCCCNc1cc(Cl)ccc1Cl. The topological polar surface area (TPSA) is 12.0 Å². The highest BCUT2D eigenvalue weighted by Gasteiger charge is 1.99. The lowest BCUT2D eigenvalue weighted by Gasteiger charge is -2.08. The van der Waals surface area contributed by atoms with Gasteiger partial charge in [0, 0.05) is 11.6 Å². The number of halogens is 2. The molecule has 0 aliphatic heterocycles. The van der Waals surface area contributed by atoms with Crippen LogP contribution in [0.5, 0.6) is 0 Å². The number of hydrogen-bond acceptors (Lipinski definition) is 1. The van der Waals surface area contributed by atoms with Crippen molar-refractivity contribution in [1.29, 1.82) is 0 Å². The summed E-state index contributed by atoms with van der Waals surface area (Å²) < 4.78 is 0. The van der Waals surface area contributed by atoms with Gasteiger partial charge in [-0.15, -0.1) is 0 Å². The van der Waals surface area contributed by atoms with E-state index in [0.717, 1.165) is 22.3 Å². The molecule has 1 nitrogen and oxygen atoms in total. The lowest BCUT2D eigenvalue weighted by atomic mass is 10.2. The van der Waals surface area contributed by atoms with Crippen LogP contribution in [0, 0.1) is 0 Å². The van der Waals surface area contributed by atoms with Crippen LogP contribution in [0.15, 0.2) is 18.2 Å². The van der Waals surface area contributed by atoms with Crippen molar-refractivity contribution in [2.24, 2.45) is 0 Å². The minimum atomic E-state index is 0.718. The zero-order valence-electron chi connectivity index (χ0n) is 9.02. The average molecular weight is 246 g/mol. The van der Waals surface area contributed by atoms with Gasteiger partial charge in [0.05, 0.1) is 10.7 Å². The van der Waals surface area contributed by atoms with E-state index in [1.165, 1.54) is 25.7 Å². The molecule has 15 heavy (non-hydrogen) atoms. The Morgan fingerprint density at radius 3 is 2.67 bits per heavy atom. The molecule has 0 amide bonds. The highest BCUT2D eigenvalue weighted by molar-refractivity contribution is 6.35. The first-order chi connectivity index (χ1) is 7.24. The Balaban J connectivity index is 2.33. The molecule has 0 saturated heterocycles. The molecule has 1 rings (SSSR count). The fraction of sp³-hybridized carbons (Fsp3) is 0.500. The van der Waals surface area contributed by atoms with Gasteiger partial charge in [0.2, 0.25) is 0 Å². The third-order valence-electron chi connectivity index (χ3n) is 2.27. The third kappa shape index (κ3) is 4.76. The molecule has 0 saturated carbocycles. The molecule has 0 unspecified atom stereocenters. The van der Waals surface area contributed by atoms with E-state index in [0.29, 0.717) is 0 Å². The molecule has 0 aliphatic carbocycles. The molecule has 0 radical (unpaired) electrons. The van der Waals surface area contributed by atoms with Gasteiger partial charge in [-0.05, 0) is 24.6 Å². The van der Waals surface area contributed by atoms with Crippen LogP contribution in [0.1, 0.15) is 32.6 Å². The van der Waals surface area contributed by atoms with E-state index in [9.17, 15) is 0 Å². The second-order valence-electron chi connectivity index (χ2n) is 3.61. The number of unbranched alkanes of at least 4 members (excludes halogenated alkanes) is 3. The van der Waals surface area contributed by atoms with E-state index < -0.39 is 0 Å². The fourth-order valence-electron chi connectivity index (χ4n) is 1.41. The van der Waals surface area contributed by atoms with E-state index in [1.54, 1.807) is 6.07 Å². The van der Waals surface area contributed by atoms with Gasteiger partial charge in [-0.25, -0.2) is 0 Å². The quantitative estimate of drug-likeness (QED) is 0.697. The first-order valence-corrected chi connectivity index (χ1v) is 6.18. The highest BCUT2D eigenvalue weighted by Crippen LogP contribution is 2.25. The van der Waals surface area contributed by atoms with Crippen LogP contribution in [0.3, 0.4) is 0 Å². The van der Waals surface area contributed by atoms with Crippen molar-refractivity contribution in [1.82, 2.24) is 0 Å². The van der Waals surface area contributed by atoms with E-state index in [4.69, 9.17) is 23.2 Å². The molecule has 1 aromatic carbocycles. The van der Waals surface area contributed by atoms with Gasteiger partial charge < -0.3 is 5.32 Å². The number of benzene rings is 1. The van der Waals surface area contributed by atoms with Gasteiger partial charge in [0.1, 0.15) is 0 Å². The van der Waals surface area contributed by atoms with Crippen LogP contribution in [0.2, 0.25) is 10.0 Å². The lowest BCUT2D eigenvalue weighted by Crippen LogP contribution is -2.01. The van der Waals surface area contributed by atoms with Crippen molar-refractivity contribution >= 4 is 28.9 Å². The van der Waals surface area contributed by atoms with E-state index in [-0.39, 0.29) is 0 Å². The van der Waals surface area contributed by atoms with Crippen LogP contribution in [-0.4, -0.2) is 6.54 Å². The second kappa shape index (κ2) is 6.97. The zero-order valence-corrected chi connectivity index (χ0v) is 10.5. The first-order valence-electron chi connectivity index (χ1n) is 5.43. The maximum absolute atomic E-state index is 6.02. The molecule has 84 valence electrons. The summed E-state index contributed by atoms with van der Waals surface area (Å²) >= 11 is 11.9. The molecule has 0 atom stereocenters. The van der Waals surface area contributed by atoms with Crippen LogP contribution in [0.25, 0.3) is 0 Å². The van der Waals surface area contributed by atoms with Crippen LogP contribution >= 0.6 is 23.2 Å². The normalized spacial score (nSPS) is 10.3. The van der Waals surface area contributed by atoms with Gasteiger partial charge in [-0.2, -0.15) is 0 Å². The molecule has 0 heterocycles. The van der Waals surface area contributed by atoms with Crippen molar-refractivity contribution in [2.45, 2.75) is 32.6 Å². The van der Waals surface area contributed by atoms with E-state index in [1.807, 2.05) is 12.1 Å². The number of rotatable bonds is 6. The molecule has 0 aromatic heterocycles. The molecular formula is C12H17Cl2N. The summed E-state index contributed by atoms with van der Waals surface area (Å²) in [5.74, 6) is 0. The second-order valence-corrected chi connectivity index (χ2v) is 4.46. The Labute approximate surface area is 102 Å². The Kier molecular flexibility index (Phi) is 5.89. The summed E-state index contributed by atoms with van der Waals surface area (Å²) in [7, 11) is 0. The molecule has 0 fully saturated rings. The Morgan fingerprint density at radius 2 is 1.93 bits per heavy atom. The van der Waals surface area contributed by atoms with Crippen molar-refractivity contribution < 1.29 is 0 Å². The van der Waals surface area contributed by atoms with E-state index in [2.05, 4.69) is 12.2 Å². The van der Waals surface area contributed by atoms with Crippen LogP contribution < -0.4 is 5.32 Å². The first kappa shape index (κ1) is 12.7. The molecule has 0 spiro atoms. The zero-order chi connectivity index (χ0) is 11.1. The van der Waals surface area contributed by atoms with Crippen molar-refractivity contribution in [2.75, 3.05) is 11.9 Å². The largest absolute Gasteiger partial charge is 0.384 e. The standard InChI is InChI=1S/C12H17Cl2N/c1-2-3-4-5-8-15-12-9-10(13)6-7-11(12)14/h6-7,9,15H,2-5,8H2,1H3. The van der Waals surface area contributed by atoms with Gasteiger partial charge in [-0.3, -0.25) is 0 Å². The summed E-state index contributed by atoms with van der Waals surface area (Å²) in [5.41, 5.74) is 0.931. The number of nitrogens with one attached hydrogen (secondary N) is 1. The summed E-state index contributed by atoms with van der Waals surface area (Å²) in [6.45, 7) is 3.17. The maximum Gasteiger partial charge on any atom is 0.0638 e. The molecule has 0 aliphatic rings. The Hall–Kier alpha value is -0.400. The highest BCUT2D eigenvalue weighted by atomic mass is 35.5. The van der Waals surface area contributed by atoms with Crippen LogP contribution in [0.4, 0.5) is 5.69 Å². The summed E-state index contributed by atoms with van der Waals surface area (Å²) in [6.07, 6.45) is 5.00. The average Bonchev–Trinajstić information content (AvgIpc) is 2.23. The monoisotopic (exact) mass is 245 g/mol. The smallest absolute Gasteiger partial charge is 0.0638 e. The fourth-order valence-corrected chi connectivity index (χ4v) is 1.76. The van der Waals surface area contributed by atoms with Crippen molar-refractivity contribution in [3.8, 4) is 0 Å². The Bertz CT molecular complexity index is 300. The van der Waals surface area contributed by atoms with Gasteiger partial charge in [0.15, 0.2) is 0 Å². The van der Waals surface area contributed by atoms with E-state index >= 15 is 0 Å². The van der Waals surface area contributed by atoms with Gasteiger partial charge in [0.25, 0.3) is 0 Å². The summed E-state index contributed by atoms with van der Waals surface area (Å²) in [4.78, 5) is 0. The predicted molar refractivity (Wildman–Crippen MR) is 69.1 cm³/mol. The minimum Gasteiger partial charge on any atom is -0.384 e. The van der Waals surface area contributed by atoms with Gasteiger partial charge >= 0.3 is 0 Å². The molecule has 0 bridgehead atoms. The van der Waals surface area contributed by atoms with Crippen molar-refractivity contribution in [3.05, 3.63) is 28.2 Å². The minimum absolute atomic E-state index is 0.718. The third-order valence-corrected chi connectivity index (χ3v) is 2.84. The van der Waals surface area contributed by atoms with Crippen molar-refractivity contribution in [3.63, 3.8) is 0 Å².